The maximum atomic E-state index is 14.1. The number of benzene rings is 2. The number of aryl methyl sites for hydroxylation is 2. The maximum Gasteiger partial charge on any atom is 0.496 e. The third kappa shape index (κ3) is 8.66. The Bertz CT molecular complexity index is 1410. The Labute approximate surface area is 234 Å². The number of alkyl halides is 8. The summed E-state index contributed by atoms with van der Waals surface area (Å²) in [6, 6.07) is 13.8. The van der Waals surface area contributed by atoms with Crippen molar-refractivity contribution in [1.29, 1.82) is 0 Å². The predicted molar refractivity (Wildman–Crippen MR) is 132 cm³/mol. The van der Waals surface area contributed by atoms with Gasteiger partial charge >= 0.3 is 30.8 Å². The van der Waals surface area contributed by atoms with Crippen LogP contribution in [0.4, 0.5) is 35.1 Å². The largest absolute Gasteiger partial charge is 0.496 e. The second-order valence-corrected chi connectivity index (χ2v) is 8.61. The zero-order valence-electron chi connectivity index (χ0n) is 22.2. The van der Waals surface area contributed by atoms with E-state index in [9.17, 15) is 39.9 Å². The van der Waals surface area contributed by atoms with Crippen LogP contribution in [0.5, 0.6) is 5.75 Å². The van der Waals surface area contributed by atoms with E-state index in [-0.39, 0.29) is 5.75 Å². The van der Waals surface area contributed by atoms with Crippen LogP contribution in [-0.2, 0) is 36.7 Å². The normalized spacial score (nSPS) is 12.9. The zero-order chi connectivity index (χ0) is 31.3. The first-order valence-corrected chi connectivity index (χ1v) is 12.3. The van der Waals surface area contributed by atoms with Crippen LogP contribution in [-0.4, -0.2) is 48.6 Å². The molecule has 0 saturated carbocycles. The number of hydrogen-bond acceptors (Lipinski definition) is 6. The van der Waals surface area contributed by atoms with E-state index >= 15 is 0 Å². The van der Waals surface area contributed by atoms with E-state index in [2.05, 4.69) is 25.5 Å². The van der Waals surface area contributed by atoms with Crippen LogP contribution >= 0.6 is 0 Å². The van der Waals surface area contributed by atoms with Gasteiger partial charge in [0.1, 0.15) is 5.75 Å². The Kier molecular flexibility index (Phi) is 9.90. The molecule has 3 rings (SSSR count). The molecule has 2 aromatic carbocycles. The third-order valence-corrected chi connectivity index (χ3v) is 5.60. The van der Waals surface area contributed by atoms with Crippen LogP contribution in [0.1, 0.15) is 19.4 Å². The van der Waals surface area contributed by atoms with E-state index in [4.69, 9.17) is 4.74 Å². The van der Waals surface area contributed by atoms with Gasteiger partial charge < -0.3 is 14.0 Å². The fourth-order valence-electron chi connectivity index (χ4n) is 3.93. The van der Waals surface area contributed by atoms with Crippen LogP contribution in [0.3, 0.4) is 0 Å². The number of rotatable bonds is 15. The number of hydrogen-bond donors (Lipinski definition) is 0. The predicted octanol–water partition coefficient (Wildman–Crippen LogP) is 7.33. The van der Waals surface area contributed by atoms with Crippen molar-refractivity contribution in [2.45, 2.75) is 51.6 Å². The van der Waals surface area contributed by atoms with Gasteiger partial charge in [0, 0.05) is 35.3 Å². The topological polar surface area (TPSA) is 68.2 Å². The third-order valence-electron chi connectivity index (χ3n) is 5.60. The summed E-state index contributed by atoms with van der Waals surface area (Å²) in [6.07, 6.45) is -20.6. The van der Waals surface area contributed by atoms with Gasteiger partial charge in [0.25, 0.3) is 0 Å². The summed E-state index contributed by atoms with van der Waals surface area (Å²) in [5, 5.41) is 0.728. The second kappa shape index (κ2) is 12.7. The number of halogens is 8. The van der Waals surface area contributed by atoms with Crippen molar-refractivity contribution in [2.75, 3.05) is 13.2 Å². The van der Waals surface area contributed by atoms with Gasteiger partial charge in [-0.25, -0.2) is 19.0 Å². The summed E-state index contributed by atoms with van der Waals surface area (Å²) >= 11 is 0. The Morgan fingerprint density at radius 1 is 0.857 bits per heavy atom. The van der Waals surface area contributed by atoms with Crippen molar-refractivity contribution in [3.8, 4) is 17.0 Å². The van der Waals surface area contributed by atoms with Crippen molar-refractivity contribution >= 4 is 16.9 Å². The van der Waals surface area contributed by atoms with Crippen molar-refractivity contribution in [1.82, 2.24) is 4.57 Å². The zero-order valence-corrected chi connectivity index (χ0v) is 22.2. The number of carbonyl (C=O) groups is 1. The monoisotopic (exact) mass is 611 g/mol. The van der Waals surface area contributed by atoms with Gasteiger partial charge in [-0.2, -0.15) is 17.6 Å². The smallest absolute Gasteiger partial charge is 0.484 e. The average molecular weight is 611 g/mol. The molecule has 1 aromatic heterocycles. The molecule has 0 aliphatic heterocycles. The summed E-state index contributed by atoms with van der Waals surface area (Å²) in [4.78, 5) is 10.8. The van der Waals surface area contributed by atoms with Gasteiger partial charge in [-0.05, 0) is 37.1 Å². The molecule has 0 aliphatic rings. The second-order valence-electron chi connectivity index (χ2n) is 8.61. The molecule has 0 aliphatic carbocycles. The molecule has 0 N–H and O–H groups in total. The molecule has 42 heavy (non-hydrogen) atoms. The van der Waals surface area contributed by atoms with E-state index in [1.54, 1.807) is 6.07 Å². The van der Waals surface area contributed by atoms with Crippen molar-refractivity contribution in [3.05, 3.63) is 66.7 Å². The molecule has 0 fully saturated rings. The minimum atomic E-state index is -5.87. The fraction of sp³-hybridized carbons (Fsp3) is 0.370. The van der Waals surface area contributed by atoms with Crippen LogP contribution in [0, 0.1) is 0 Å². The minimum absolute atomic E-state index is 0.194. The quantitative estimate of drug-likeness (QED) is 0.0776. The van der Waals surface area contributed by atoms with Gasteiger partial charge in [-0.3, -0.25) is 0 Å². The van der Waals surface area contributed by atoms with Crippen molar-refractivity contribution in [2.24, 2.45) is 0 Å². The summed E-state index contributed by atoms with van der Waals surface area (Å²) in [6.45, 7) is 3.16. The molecule has 0 atom stereocenters. The number of aromatic nitrogens is 1. The molecule has 3 aromatic rings. The molecule has 0 bridgehead atoms. The maximum absolute atomic E-state index is 14.1. The number of ether oxygens (including phenoxy) is 5. The molecule has 0 amide bonds. The lowest BCUT2D eigenvalue weighted by molar-refractivity contribution is -0.574. The fourth-order valence-corrected chi connectivity index (χ4v) is 3.93. The van der Waals surface area contributed by atoms with E-state index in [0.717, 1.165) is 28.6 Å². The standard InChI is InChI=1S/C27H25F8NO6/c1-4-17-9-7-8-10-20(17)22-13-18-11-12-19(14-21(18)36(22)6-3)38-15-24(28,29)40-26(32,33)42-27(34,35)41-25(30,31)16-39-23(37)5-2/h5,7-14H,2,4,6,15-16H2,1,3H3. The first kappa shape index (κ1) is 32.8. The molecule has 1 heterocycles. The van der Waals surface area contributed by atoms with Crippen molar-refractivity contribution in [3.63, 3.8) is 0 Å². The van der Waals surface area contributed by atoms with Crippen LogP contribution in [0.15, 0.2) is 61.2 Å². The lowest BCUT2D eigenvalue weighted by Gasteiger charge is -2.27. The number of nitrogens with zero attached hydrogens (tertiary/aromatic N) is 1. The number of fused-ring (bicyclic) bond motifs is 1. The summed E-state index contributed by atoms with van der Waals surface area (Å²) in [5.74, 6) is -1.67. The van der Waals surface area contributed by atoms with Crippen LogP contribution in [0.25, 0.3) is 22.2 Å². The average Bonchev–Trinajstić information content (AvgIpc) is 3.26. The first-order chi connectivity index (χ1) is 19.5. The summed E-state index contributed by atoms with van der Waals surface area (Å²) < 4.78 is 129. The van der Waals surface area contributed by atoms with E-state index < -0.39 is 44.0 Å². The molecule has 0 spiro atoms. The number of esters is 1. The van der Waals surface area contributed by atoms with Gasteiger partial charge in [0.15, 0.2) is 13.2 Å². The Morgan fingerprint density at radius 3 is 2.07 bits per heavy atom. The molecule has 0 saturated heterocycles. The number of carbonyl (C=O) groups excluding carboxylic acids is 1. The molecule has 0 unspecified atom stereocenters. The molecule has 7 nitrogen and oxygen atoms in total. The van der Waals surface area contributed by atoms with E-state index in [1.807, 2.05) is 48.7 Å². The molecular formula is C27H25F8NO6. The first-order valence-electron chi connectivity index (χ1n) is 12.3. The SMILES string of the molecule is C=CC(=O)OCC(F)(F)OC(F)(F)OC(F)(F)OC(F)(F)COc1ccc2cc(-c3ccccc3CC)n(CC)c2c1. The van der Waals surface area contributed by atoms with E-state index in [1.165, 1.54) is 12.1 Å². The molecule has 230 valence electrons. The molecule has 15 heteroatoms. The van der Waals surface area contributed by atoms with Gasteiger partial charge in [-0.15, -0.1) is 17.6 Å². The molecule has 0 radical (unpaired) electrons. The van der Waals surface area contributed by atoms with Gasteiger partial charge in [-0.1, -0.05) is 37.8 Å². The van der Waals surface area contributed by atoms with E-state index in [0.29, 0.717) is 18.1 Å². The molecular weight excluding hydrogens is 586 g/mol. The minimum Gasteiger partial charge on any atom is -0.484 e. The summed E-state index contributed by atoms with van der Waals surface area (Å²) in [5.41, 5.74) is 3.45. The lowest BCUT2D eigenvalue weighted by atomic mass is 10.0. The van der Waals surface area contributed by atoms with Crippen LogP contribution < -0.4 is 4.74 Å². The Balaban J connectivity index is 1.69. The van der Waals surface area contributed by atoms with Crippen LogP contribution in [0.2, 0.25) is 0 Å². The Morgan fingerprint density at radius 2 is 1.48 bits per heavy atom. The van der Waals surface area contributed by atoms with Crippen molar-refractivity contribution < 1.29 is 63.6 Å². The highest BCUT2D eigenvalue weighted by atomic mass is 19.3. The highest BCUT2D eigenvalue weighted by Gasteiger charge is 2.57. The van der Waals surface area contributed by atoms with Gasteiger partial charge in [0.2, 0.25) is 0 Å². The highest BCUT2D eigenvalue weighted by Crippen LogP contribution is 2.38. The Hall–Kier alpha value is -3.69. The lowest BCUT2D eigenvalue weighted by Crippen LogP contribution is -2.46. The highest BCUT2D eigenvalue weighted by molar-refractivity contribution is 5.88. The summed E-state index contributed by atoms with van der Waals surface area (Å²) in [7, 11) is 0. The van der Waals surface area contributed by atoms with Gasteiger partial charge in [0.05, 0.1) is 5.52 Å².